The SMILES string of the molecule is CC/C=C\C/C=C\C/C=C\C/C=C\C/C=C\C/C=C\CCCCCCCCCCC(=O)NC(COP(=O)(O)OCC[N+](C)(C)C)C(O)/C=C/CC/C=C/CCCCCCCCCCCCCCCCCCCCCCCCCCCC. The highest BCUT2D eigenvalue weighted by Gasteiger charge is 2.28. The monoisotopic (exact) mass is 1150 g/mol. The number of allylic oxidation sites excluding steroid dienone is 15. The van der Waals surface area contributed by atoms with Crippen molar-refractivity contribution < 1.29 is 32.9 Å². The summed E-state index contributed by atoms with van der Waals surface area (Å²) in [5.74, 6) is -0.196. The molecule has 0 radical (unpaired) electrons. The number of phosphoric ester groups is 1. The van der Waals surface area contributed by atoms with Gasteiger partial charge in [-0.15, -0.1) is 0 Å². The van der Waals surface area contributed by atoms with Gasteiger partial charge in [0.15, 0.2) is 0 Å². The number of hydrogen-bond donors (Lipinski definition) is 3. The number of carbonyl (C=O) groups is 1. The maximum atomic E-state index is 13.0. The van der Waals surface area contributed by atoms with Crippen LogP contribution >= 0.6 is 7.82 Å². The van der Waals surface area contributed by atoms with Gasteiger partial charge in [-0.2, -0.15) is 0 Å². The first-order valence-electron chi connectivity index (χ1n) is 34.1. The van der Waals surface area contributed by atoms with E-state index in [1.54, 1.807) is 6.08 Å². The van der Waals surface area contributed by atoms with Gasteiger partial charge in [0.25, 0.3) is 0 Å². The smallest absolute Gasteiger partial charge is 0.387 e. The summed E-state index contributed by atoms with van der Waals surface area (Å²) in [5.41, 5.74) is 0. The van der Waals surface area contributed by atoms with E-state index in [-0.39, 0.29) is 19.1 Å². The second-order valence-electron chi connectivity index (χ2n) is 24.2. The molecule has 81 heavy (non-hydrogen) atoms. The van der Waals surface area contributed by atoms with E-state index in [2.05, 4.69) is 104 Å². The lowest BCUT2D eigenvalue weighted by Crippen LogP contribution is -2.45. The maximum Gasteiger partial charge on any atom is 0.472 e. The number of phosphoric acid groups is 1. The number of rotatable bonds is 62. The highest BCUT2D eigenvalue weighted by molar-refractivity contribution is 7.47. The number of amides is 1. The number of quaternary nitrogens is 1. The normalized spacial score (nSPS) is 14.3. The molecule has 3 atom stereocenters. The standard InChI is InChI=1S/C72H131N2O6P/c1-6-8-10-12-14-16-18-20-22-24-26-28-30-32-34-35-36-37-38-40-41-43-45-47-49-51-53-55-57-59-61-63-65-71(75)70(69-80-81(77,78)79-68-67-74(3,4)5)73-72(76)66-64-62-60-58-56-54-52-50-48-46-44-42-39-33-31-29-27-25-23-21-19-17-15-13-11-9-7-2/h9,11,15,17,21,23,27,29,33,39,44,46,55,57,63,65,70-71,75H,6-8,10,12-14,16,18-20,22,24-26,28,30-32,34-38,40-43,45,47-54,56,58-62,64,66-69H2,1-5H3,(H-,73,76,77,78)/p+1/b11-9-,17-15-,23-21-,29-27-,39-33-,46-44-,57-55+,65-63+. The molecule has 0 aromatic heterocycles. The highest BCUT2D eigenvalue weighted by atomic mass is 31.2. The lowest BCUT2D eigenvalue weighted by Gasteiger charge is -2.25. The van der Waals surface area contributed by atoms with Crippen LogP contribution in [0.3, 0.4) is 0 Å². The molecule has 470 valence electrons. The molecule has 8 nitrogen and oxygen atoms in total. The maximum absolute atomic E-state index is 13.0. The molecule has 0 aliphatic heterocycles. The Hall–Kier alpha value is -2.58. The summed E-state index contributed by atoms with van der Waals surface area (Å²) in [5, 5.41) is 14.0. The third-order valence-corrected chi connectivity index (χ3v) is 16.0. The zero-order valence-corrected chi connectivity index (χ0v) is 54.6. The molecule has 9 heteroatoms. The fourth-order valence-electron chi connectivity index (χ4n) is 9.77. The van der Waals surface area contributed by atoms with Crippen LogP contribution in [0, 0.1) is 0 Å². The molecule has 0 rings (SSSR count). The Bertz CT molecular complexity index is 1640. The number of likely N-dealkylation sites (N-methyl/N-ethyl adjacent to an activating group) is 1. The van der Waals surface area contributed by atoms with E-state index in [0.29, 0.717) is 17.4 Å². The molecule has 0 heterocycles. The fraction of sp³-hybridized carbons (Fsp3) is 0.764. The lowest BCUT2D eigenvalue weighted by molar-refractivity contribution is -0.870. The zero-order chi connectivity index (χ0) is 59.1. The van der Waals surface area contributed by atoms with Gasteiger partial charge in [-0.1, -0.05) is 310 Å². The van der Waals surface area contributed by atoms with Crippen LogP contribution < -0.4 is 5.32 Å². The van der Waals surface area contributed by atoms with E-state index in [9.17, 15) is 19.4 Å². The third kappa shape index (κ3) is 64.8. The molecule has 0 saturated carbocycles. The summed E-state index contributed by atoms with van der Waals surface area (Å²) in [6.45, 7) is 4.70. The van der Waals surface area contributed by atoms with Crippen LogP contribution in [0.1, 0.15) is 303 Å². The number of nitrogens with zero attached hydrogens (tertiary/aromatic N) is 1. The molecule has 0 bridgehead atoms. The molecule has 3 unspecified atom stereocenters. The molecule has 0 fully saturated rings. The summed E-state index contributed by atoms with van der Waals surface area (Å²) in [6.07, 6.45) is 89.8. The lowest BCUT2D eigenvalue weighted by atomic mass is 10.0. The van der Waals surface area contributed by atoms with E-state index in [0.717, 1.165) is 89.9 Å². The minimum absolute atomic E-state index is 0.0499. The summed E-state index contributed by atoms with van der Waals surface area (Å²) >= 11 is 0. The van der Waals surface area contributed by atoms with Crippen molar-refractivity contribution in [1.82, 2.24) is 5.32 Å². The quantitative estimate of drug-likeness (QED) is 0.0243. The van der Waals surface area contributed by atoms with Gasteiger partial charge < -0.3 is 19.8 Å². The van der Waals surface area contributed by atoms with Gasteiger partial charge >= 0.3 is 7.82 Å². The van der Waals surface area contributed by atoms with Crippen molar-refractivity contribution in [3.8, 4) is 0 Å². The van der Waals surface area contributed by atoms with Crippen LogP contribution in [0.5, 0.6) is 0 Å². The first-order valence-corrected chi connectivity index (χ1v) is 35.6. The Labute approximate surface area is 502 Å². The number of nitrogens with one attached hydrogen (secondary N) is 1. The predicted molar refractivity (Wildman–Crippen MR) is 355 cm³/mol. The second kappa shape index (κ2) is 62.0. The topological polar surface area (TPSA) is 105 Å². The van der Waals surface area contributed by atoms with Gasteiger partial charge in [0.2, 0.25) is 5.91 Å². The van der Waals surface area contributed by atoms with Crippen LogP contribution in [0.2, 0.25) is 0 Å². The van der Waals surface area contributed by atoms with Gasteiger partial charge in [0, 0.05) is 6.42 Å². The van der Waals surface area contributed by atoms with E-state index < -0.39 is 20.0 Å². The van der Waals surface area contributed by atoms with E-state index in [4.69, 9.17) is 9.05 Å². The van der Waals surface area contributed by atoms with Crippen molar-refractivity contribution >= 4 is 13.7 Å². The van der Waals surface area contributed by atoms with Crippen molar-refractivity contribution in [2.75, 3.05) is 40.9 Å². The van der Waals surface area contributed by atoms with E-state index >= 15 is 0 Å². The summed E-state index contributed by atoms with van der Waals surface area (Å²) in [4.78, 5) is 23.4. The van der Waals surface area contributed by atoms with Crippen LogP contribution in [0.15, 0.2) is 97.2 Å². The summed E-state index contributed by atoms with van der Waals surface area (Å²) in [6, 6.07) is -0.877. The van der Waals surface area contributed by atoms with Crippen molar-refractivity contribution in [1.29, 1.82) is 0 Å². The van der Waals surface area contributed by atoms with Crippen molar-refractivity contribution in [2.24, 2.45) is 0 Å². The van der Waals surface area contributed by atoms with Gasteiger partial charge in [-0.05, 0) is 83.5 Å². The molecule has 0 saturated heterocycles. The molecule has 3 N–H and O–H groups in total. The van der Waals surface area contributed by atoms with E-state index in [1.165, 1.54) is 193 Å². The first-order chi connectivity index (χ1) is 39.5. The van der Waals surface area contributed by atoms with Crippen LogP contribution in [-0.4, -0.2) is 73.4 Å². The molecule has 0 spiro atoms. The molecule has 0 aliphatic rings. The molecule has 0 aromatic carbocycles. The Morgan fingerprint density at radius 3 is 1.14 bits per heavy atom. The van der Waals surface area contributed by atoms with Crippen LogP contribution in [0.25, 0.3) is 0 Å². The fourth-order valence-corrected chi connectivity index (χ4v) is 10.5. The predicted octanol–water partition coefficient (Wildman–Crippen LogP) is 21.7. The van der Waals surface area contributed by atoms with Gasteiger partial charge in [-0.25, -0.2) is 4.57 Å². The largest absolute Gasteiger partial charge is 0.472 e. The number of carbonyl (C=O) groups excluding carboxylic acids is 1. The van der Waals surface area contributed by atoms with Gasteiger partial charge in [-0.3, -0.25) is 13.8 Å². The molecular formula is C72H132N2O6P+. The minimum Gasteiger partial charge on any atom is -0.387 e. The average Bonchev–Trinajstić information content (AvgIpc) is 3.43. The zero-order valence-electron chi connectivity index (χ0n) is 53.8. The summed E-state index contributed by atoms with van der Waals surface area (Å²) in [7, 11) is 1.54. The molecular weight excluding hydrogens is 1020 g/mol. The van der Waals surface area contributed by atoms with Crippen molar-refractivity contribution in [3.05, 3.63) is 97.2 Å². The van der Waals surface area contributed by atoms with Gasteiger partial charge in [0.1, 0.15) is 13.2 Å². The Kier molecular flexibility index (Phi) is 60.0. The summed E-state index contributed by atoms with van der Waals surface area (Å²) < 4.78 is 23.8. The highest BCUT2D eigenvalue weighted by Crippen LogP contribution is 2.43. The number of hydrogen-bond acceptors (Lipinski definition) is 5. The Morgan fingerprint density at radius 1 is 0.432 bits per heavy atom. The third-order valence-electron chi connectivity index (χ3n) is 15.0. The second-order valence-corrected chi connectivity index (χ2v) is 25.6. The molecule has 0 aromatic rings. The van der Waals surface area contributed by atoms with Crippen molar-refractivity contribution in [3.63, 3.8) is 0 Å². The Morgan fingerprint density at radius 2 is 0.753 bits per heavy atom. The first kappa shape index (κ1) is 78.4. The van der Waals surface area contributed by atoms with Crippen LogP contribution in [0.4, 0.5) is 0 Å². The van der Waals surface area contributed by atoms with Crippen LogP contribution in [-0.2, 0) is 18.4 Å². The van der Waals surface area contributed by atoms with Gasteiger partial charge in [0.05, 0.1) is 39.9 Å². The number of aliphatic hydroxyl groups is 1. The average molecular weight is 1150 g/mol. The number of aliphatic hydroxyl groups excluding tert-OH is 1. The van der Waals surface area contributed by atoms with Crippen molar-refractivity contribution in [2.45, 2.75) is 315 Å². The number of unbranched alkanes of at least 4 members (excludes halogenated alkanes) is 35. The molecule has 1 amide bonds. The Balaban J connectivity index is 4.16. The molecule has 0 aliphatic carbocycles. The minimum atomic E-state index is -4.37. The van der Waals surface area contributed by atoms with E-state index in [1.807, 2.05) is 27.2 Å².